The van der Waals surface area contributed by atoms with Gasteiger partial charge in [-0.3, -0.25) is 4.98 Å². The molecule has 7 aromatic carbocycles. The van der Waals surface area contributed by atoms with Gasteiger partial charge < -0.3 is 8.98 Å². The number of nitrogens with zero attached hydrogens (tertiary/aromatic N) is 5. The second kappa shape index (κ2) is 11.2. The van der Waals surface area contributed by atoms with Crippen LogP contribution < -0.4 is 0 Å². The Morgan fingerprint density at radius 1 is 0.423 bits per heavy atom. The first-order valence-electron chi connectivity index (χ1n) is 17.3. The average molecular weight is 666 g/mol. The molecule has 0 aliphatic heterocycles. The Morgan fingerprint density at radius 2 is 1.06 bits per heavy atom. The van der Waals surface area contributed by atoms with Gasteiger partial charge in [0.15, 0.2) is 17.5 Å². The van der Waals surface area contributed by atoms with Crippen LogP contribution in [-0.2, 0) is 0 Å². The molecule has 0 spiro atoms. The van der Waals surface area contributed by atoms with E-state index >= 15 is 0 Å². The molecule has 242 valence electrons. The molecule has 11 aromatic rings. The lowest BCUT2D eigenvalue weighted by Crippen LogP contribution is -2.01. The number of furan rings is 1. The van der Waals surface area contributed by atoms with Gasteiger partial charge in [-0.1, -0.05) is 97.1 Å². The normalized spacial score (nSPS) is 11.8. The Morgan fingerprint density at radius 3 is 1.90 bits per heavy atom. The molecule has 0 atom stereocenters. The molecule has 0 amide bonds. The van der Waals surface area contributed by atoms with Crippen molar-refractivity contribution in [2.24, 2.45) is 0 Å². The van der Waals surface area contributed by atoms with Gasteiger partial charge in [0.1, 0.15) is 11.2 Å². The first-order valence-corrected chi connectivity index (χ1v) is 17.3. The van der Waals surface area contributed by atoms with Crippen LogP contribution >= 0.6 is 0 Å². The Hall–Kier alpha value is -7.18. The van der Waals surface area contributed by atoms with Gasteiger partial charge in [-0.15, -0.1) is 0 Å². The van der Waals surface area contributed by atoms with Crippen molar-refractivity contribution >= 4 is 65.3 Å². The minimum atomic E-state index is 0.576. The number of benzene rings is 7. The molecule has 0 fully saturated rings. The minimum Gasteiger partial charge on any atom is -0.456 e. The van der Waals surface area contributed by atoms with E-state index in [4.69, 9.17) is 19.4 Å². The molecule has 11 rings (SSSR count). The highest BCUT2D eigenvalue weighted by Crippen LogP contribution is 2.37. The fraction of sp³-hybridized carbons (Fsp3) is 0. The van der Waals surface area contributed by atoms with Gasteiger partial charge in [0.2, 0.25) is 0 Å². The first-order chi connectivity index (χ1) is 25.7. The van der Waals surface area contributed by atoms with Crippen molar-refractivity contribution in [1.82, 2.24) is 24.5 Å². The third kappa shape index (κ3) is 4.44. The molecule has 4 aromatic heterocycles. The van der Waals surface area contributed by atoms with E-state index in [9.17, 15) is 0 Å². The topological polar surface area (TPSA) is 69.6 Å². The summed E-state index contributed by atoms with van der Waals surface area (Å²) in [7, 11) is 0. The van der Waals surface area contributed by atoms with Gasteiger partial charge in [0.05, 0.1) is 11.0 Å². The SMILES string of the molecule is c1ccc2cc(-c3nc(-c4ccc(-n5c6ccccc6c6ccc7ccccc7c65)cc4)nc(-c4ccc5c(c4)oc4ccncc45)n3)ccc2c1. The smallest absolute Gasteiger partial charge is 0.164 e. The fourth-order valence-electron chi connectivity index (χ4n) is 7.61. The van der Waals surface area contributed by atoms with E-state index in [1.807, 2.05) is 24.4 Å². The van der Waals surface area contributed by atoms with E-state index in [-0.39, 0.29) is 0 Å². The van der Waals surface area contributed by atoms with E-state index in [2.05, 4.69) is 143 Å². The summed E-state index contributed by atoms with van der Waals surface area (Å²) in [5, 5.41) is 9.18. The van der Waals surface area contributed by atoms with Crippen LogP contribution in [0, 0.1) is 0 Å². The molecule has 0 radical (unpaired) electrons. The van der Waals surface area contributed by atoms with Crippen LogP contribution in [0.5, 0.6) is 0 Å². The molecule has 0 N–H and O–H groups in total. The van der Waals surface area contributed by atoms with Crippen LogP contribution in [0.1, 0.15) is 0 Å². The Balaban J connectivity index is 1.08. The molecule has 0 aliphatic carbocycles. The van der Waals surface area contributed by atoms with Crippen LogP contribution in [0.25, 0.3) is 105 Å². The largest absolute Gasteiger partial charge is 0.456 e. The lowest BCUT2D eigenvalue weighted by molar-refractivity contribution is 0.668. The van der Waals surface area contributed by atoms with Crippen LogP contribution in [-0.4, -0.2) is 24.5 Å². The van der Waals surface area contributed by atoms with E-state index < -0.39 is 0 Å². The van der Waals surface area contributed by atoms with Crippen LogP contribution in [0.15, 0.2) is 168 Å². The Kier molecular flexibility index (Phi) is 6.15. The van der Waals surface area contributed by atoms with Crippen LogP contribution in [0.3, 0.4) is 0 Å². The van der Waals surface area contributed by atoms with Crippen molar-refractivity contribution in [2.75, 3.05) is 0 Å². The maximum atomic E-state index is 6.22. The number of hydrogen-bond donors (Lipinski definition) is 0. The van der Waals surface area contributed by atoms with Crippen molar-refractivity contribution in [3.63, 3.8) is 0 Å². The van der Waals surface area contributed by atoms with Gasteiger partial charge in [0, 0.05) is 61.7 Å². The van der Waals surface area contributed by atoms with E-state index in [0.717, 1.165) is 49.7 Å². The van der Waals surface area contributed by atoms with Crippen molar-refractivity contribution in [2.45, 2.75) is 0 Å². The van der Waals surface area contributed by atoms with Crippen molar-refractivity contribution < 1.29 is 4.42 Å². The van der Waals surface area contributed by atoms with E-state index in [1.54, 1.807) is 6.20 Å². The highest BCUT2D eigenvalue weighted by Gasteiger charge is 2.17. The van der Waals surface area contributed by atoms with Crippen LogP contribution in [0.4, 0.5) is 0 Å². The summed E-state index contributed by atoms with van der Waals surface area (Å²) in [5.41, 5.74) is 7.66. The zero-order chi connectivity index (χ0) is 34.2. The number of aromatic nitrogens is 5. The quantitative estimate of drug-likeness (QED) is 0.187. The summed E-state index contributed by atoms with van der Waals surface area (Å²) in [5.74, 6) is 1.78. The lowest BCUT2D eigenvalue weighted by atomic mass is 10.1. The molecule has 52 heavy (non-hydrogen) atoms. The monoisotopic (exact) mass is 665 g/mol. The molecule has 0 aliphatic rings. The highest BCUT2D eigenvalue weighted by molar-refractivity contribution is 6.18. The summed E-state index contributed by atoms with van der Waals surface area (Å²) in [6.45, 7) is 0. The molecule has 0 saturated carbocycles. The summed E-state index contributed by atoms with van der Waals surface area (Å²) >= 11 is 0. The van der Waals surface area contributed by atoms with Gasteiger partial charge in [-0.25, -0.2) is 15.0 Å². The number of fused-ring (bicyclic) bond motifs is 9. The summed E-state index contributed by atoms with van der Waals surface area (Å²) in [6.07, 6.45) is 3.58. The molecule has 6 nitrogen and oxygen atoms in total. The second-order valence-electron chi connectivity index (χ2n) is 13.1. The summed E-state index contributed by atoms with van der Waals surface area (Å²) in [6, 6.07) is 52.9. The molecule has 0 saturated heterocycles. The van der Waals surface area contributed by atoms with Crippen molar-refractivity contribution in [1.29, 1.82) is 0 Å². The summed E-state index contributed by atoms with van der Waals surface area (Å²) < 4.78 is 8.58. The molecular formula is C46H27N5O. The van der Waals surface area contributed by atoms with Crippen molar-refractivity contribution in [3.05, 3.63) is 164 Å². The number of hydrogen-bond acceptors (Lipinski definition) is 5. The molecule has 0 bridgehead atoms. The predicted molar refractivity (Wildman–Crippen MR) is 211 cm³/mol. The Labute approximate surface area is 297 Å². The first kappa shape index (κ1) is 28.6. The van der Waals surface area contributed by atoms with E-state index in [1.165, 1.54) is 38.0 Å². The van der Waals surface area contributed by atoms with Crippen molar-refractivity contribution in [3.8, 4) is 39.9 Å². The standard InChI is InChI=1S/C46H27N5O/c1-2-9-31-25-32(14-13-28(31)7-1)45-48-44(49-46(50-45)33-18-21-37-39-27-47-24-23-41(39)52-42(37)26-33)30-15-19-34(20-16-30)51-40-12-6-5-11-36(40)38-22-17-29-8-3-4-10-35(29)43(38)51/h1-27H. The minimum absolute atomic E-state index is 0.576. The molecule has 0 unspecified atom stereocenters. The maximum absolute atomic E-state index is 6.22. The predicted octanol–water partition coefficient (Wildman–Crippen LogP) is 11.6. The molecule has 6 heteroatoms. The van der Waals surface area contributed by atoms with Gasteiger partial charge in [-0.2, -0.15) is 0 Å². The highest BCUT2D eigenvalue weighted by atomic mass is 16.3. The third-order valence-electron chi connectivity index (χ3n) is 10.1. The van der Waals surface area contributed by atoms with Crippen LogP contribution in [0.2, 0.25) is 0 Å². The number of pyridine rings is 1. The zero-order valence-corrected chi connectivity index (χ0v) is 27.7. The second-order valence-corrected chi connectivity index (χ2v) is 13.1. The third-order valence-corrected chi connectivity index (χ3v) is 10.1. The lowest BCUT2D eigenvalue weighted by Gasteiger charge is -2.12. The van der Waals surface area contributed by atoms with E-state index in [0.29, 0.717) is 17.5 Å². The number of rotatable bonds is 4. The molecule has 4 heterocycles. The number of para-hydroxylation sites is 1. The maximum Gasteiger partial charge on any atom is 0.164 e. The average Bonchev–Trinajstić information content (AvgIpc) is 3.76. The van der Waals surface area contributed by atoms with Gasteiger partial charge in [0.25, 0.3) is 0 Å². The van der Waals surface area contributed by atoms with Gasteiger partial charge >= 0.3 is 0 Å². The Bertz CT molecular complexity index is 3190. The summed E-state index contributed by atoms with van der Waals surface area (Å²) in [4.78, 5) is 19.5. The molecular weight excluding hydrogens is 639 g/mol. The fourth-order valence-corrected chi connectivity index (χ4v) is 7.61. The zero-order valence-electron chi connectivity index (χ0n) is 27.7. The van der Waals surface area contributed by atoms with Gasteiger partial charge in [-0.05, 0) is 70.8 Å².